The van der Waals surface area contributed by atoms with Crippen LogP contribution in [0.3, 0.4) is 0 Å². The average molecular weight is 567 g/mol. The van der Waals surface area contributed by atoms with Gasteiger partial charge >= 0.3 is 0 Å². The predicted octanol–water partition coefficient (Wildman–Crippen LogP) is 9.63. The van der Waals surface area contributed by atoms with Crippen LogP contribution in [0.4, 0.5) is 0 Å². The second-order valence-corrected chi connectivity index (χ2v) is 11.6. The third kappa shape index (κ3) is 3.97. The summed E-state index contributed by atoms with van der Waals surface area (Å²) in [6.45, 7) is 0. The normalized spacial score (nSPS) is 20.5. The van der Waals surface area contributed by atoms with Crippen LogP contribution >= 0.6 is 0 Å². The quantitative estimate of drug-likeness (QED) is 0.205. The zero-order valence-electron chi connectivity index (χ0n) is 24.1. The molecule has 0 radical (unpaired) electrons. The molecule has 0 amide bonds. The molecule has 0 bridgehead atoms. The summed E-state index contributed by atoms with van der Waals surface area (Å²) < 4.78 is 6.58. The lowest BCUT2D eigenvalue weighted by molar-refractivity contribution is 0.374. The number of fused-ring (bicyclic) bond motifs is 9. The van der Waals surface area contributed by atoms with E-state index in [0.29, 0.717) is 17.3 Å². The highest BCUT2D eigenvalue weighted by atomic mass is 16.5. The van der Waals surface area contributed by atoms with Crippen molar-refractivity contribution in [1.82, 2.24) is 0 Å². The van der Waals surface area contributed by atoms with Gasteiger partial charge in [-0.3, -0.25) is 0 Å². The molecule has 0 saturated carbocycles. The van der Waals surface area contributed by atoms with Crippen molar-refractivity contribution in [2.75, 3.05) is 0 Å². The minimum absolute atomic E-state index is 0.230. The van der Waals surface area contributed by atoms with Gasteiger partial charge in [0.1, 0.15) is 11.5 Å². The lowest BCUT2D eigenvalue weighted by Crippen LogP contribution is -2.37. The summed E-state index contributed by atoms with van der Waals surface area (Å²) in [4.78, 5) is 0. The standard InChI is InChI=1S/C41H30N2O/c42-37(28-10-2-1-3-11-28)23-24-38(43)29-20-18-27(19-21-29)30-22-25-40-36(26-30)41(35-16-8-9-17-39(35)44-40)33-14-6-4-12-31(33)32-13-5-7-15-34(32)41/h1-26,31,33,42-43H/b24-23-,42-37?,43-38?. The second kappa shape index (κ2) is 10.3. The van der Waals surface area contributed by atoms with Crippen LogP contribution < -0.4 is 4.74 Å². The Bertz CT molecular complexity index is 2030. The highest BCUT2D eigenvalue weighted by Gasteiger charge is 2.56. The fourth-order valence-electron chi connectivity index (χ4n) is 7.36. The number of benzene rings is 5. The first-order valence-electron chi connectivity index (χ1n) is 15.0. The van der Waals surface area contributed by atoms with E-state index >= 15 is 0 Å². The van der Waals surface area contributed by atoms with Gasteiger partial charge in [-0.1, -0.05) is 127 Å². The van der Waals surface area contributed by atoms with Crippen molar-refractivity contribution in [3.05, 3.63) is 191 Å². The number of hydrogen-bond acceptors (Lipinski definition) is 3. The van der Waals surface area contributed by atoms with Crippen molar-refractivity contribution >= 4 is 11.4 Å². The van der Waals surface area contributed by atoms with Crippen LogP contribution in [-0.2, 0) is 5.41 Å². The minimum atomic E-state index is -0.376. The Kier molecular flexibility index (Phi) is 6.13. The lowest BCUT2D eigenvalue weighted by atomic mass is 9.61. The summed E-state index contributed by atoms with van der Waals surface area (Å²) in [7, 11) is 0. The summed E-state index contributed by atoms with van der Waals surface area (Å²) in [5.74, 6) is 2.34. The van der Waals surface area contributed by atoms with Crippen LogP contribution in [0.5, 0.6) is 11.5 Å². The molecule has 0 aromatic heterocycles. The molecule has 44 heavy (non-hydrogen) atoms. The fraction of sp³-hybridized carbons (Fsp3) is 0.0732. The number of allylic oxidation sites excluding steroid dienone is 6. The summed E-state index contributed by atoms with van der Waals surface area (Å²) >= 11 is 0. The SMILES string of the molecule is N=C(/C=C\C(=N)c1ccc(-c2ccc3c(c2)C2(c4ccccc4O3)c3ccccc3C3C=CC=CC32)cc1)c1ccccc1. The van der Waals surface area contributed by atoms with Crippen LogP contribution in [0, 0.1) is 16.7 Å². The van der Waals surface area contributed by atoms with Crippen LogP contribution in [0.2, 0.25) is 0 Å². The molecule has 3 nitrogen and oxygen atoms in total. The summed E-state index contributed by atoms with van der Waals surface area (Å²) in [6.07, 6.45) is 12.5. The Morgan fingerprint density at radius 1 is 0.568 bits per heavy atom. The highest BCUT2D eigenvalue weighted by Crippen LogP contribution is 2.64. The zero-order valence-corrected chi connectivity index (χ0v) is 24.1. The van der Waals surface area contributed by atoms with Crippen molar-refractivity contribution in [2.24, 2.45) is 5.92 Å². The Labute approximate surface area is 257 Å². The van der Waals surface area contributed by atoms with E-state index in [9.17, 15) is 0 Å². The number of para-hydroxylation sites is 1. The average Bonchev–Trinajstić information content (AvgIpc) is 3.38. The number of nitrogens with one attached hydrogen (secondary N) is 2. The van der Waals surface area contributed by atoms with Crippen LogP contribution in [0.15, 0.2) is 158 Å². The molecule has 0 saturated heterocycles. The van der Waals surface area contributed by atoms with Crippen LogP contribution in [-0.4, -0.2) is 11.4 Å². The van der Waals surface area contributed by atoms with Gasteiger partial charge in [0, 0.05) is 23.0 Å². The summed E-state index contributed by atoms with van der Waals surface area (Å²) in [5, 5.41) is 16.9. The highest BCUT2D eigenvalue weighted by molar-refractivity contribution is 6.13. The molecular weight excluding hydrogens is 536 g/mol. The molecule has 3 aliphatic rings. The van der Waals surface area contributed by atoms with Crippen molar-refractivity contribution in [2.45, 2.75) is 11.3 Å². The lowest BCUT2D eigenvalue weighted by Gasteiger charge is -2.43. The second-order valence-electron chi connectivity index (χ2n) is 11.6. The van der Waals surface area contributed by atoms with Crippen molar-refractivity contribution in [3.8, 4) is 22.6 Å². The predicted molar refractivity (Wildman–Crippen MR) is 178 cm³/mol. The molecule has 5 aromatic carbocycles. The van der Waals surface area contributed by atoms with Gasteiger partial charge in [-0.25, -0.2) is 0 Å². The third-order valence-electron chi connectivity index (χ3n) is 9.35. The maximum absolute atomic E-state index is 8.61. The van der Waals surface area contributed by atoms with Gasteiger partial charge in [0.15, 0.2) is 0 Å². The molecule has 2 aliphatic carbocycles. The molecule has 8 rings (SSSR count). The van der Waals surface area contributed by atoms with Gasteiger partial charge in [-0.15, -0.1) is 0 Å². The van der Waals surface area contributed by atoms with E-state index in [4.69, 9.17) is 15.6 Å². The largest absolute Gasteiger partial charge is 0.457 e. The first-order chi connectivity index (χ1) is 21.6. The van der Waals surface area contributed by atoms with E-state index in [0.717, 1.165) is 33.8 Å². The molecule has 1 heterocycles. The minimum Gasteiger partial charge on any atom is -0.457 e. The molecule has 3 atom stereocenters. The van der Waals surface area contributed by atoms with Crippen molar-refractivity contribution < 1.29 is 4.74 Å². The smallest absolute Gasteiger partial charge is 0.131 e. The van der Waals surface area contributed by atoms with Crippen molar-refractivity contribution in [1.29, 1.82) is 10.8 Å². The van der Waals surface area contributed by atoms with Gasteiger partial charge in [0.05, 0.1) is 16.8 Å². The van der Waals surface area contributed by atoms with Crippen molar-refractivity contribution in [3.63, 3.8) is 0 Å². The monoisotopic (exact) mass is 566 g/mol. The molecular formula is C41H30N2O. The Morgan fingerprint density at radius 3 is 1.98 bits per heavy atom. The maximum atomic E-state index is 8.61. The molecule has 3 unspecified atom stereocenters. The van der Waals surface area contributed by atoms with E-state index in [1.807, 2.05) is 42.5 Å². The molecule has 5 aromatic rings. The summed E-state index contributed by atoms with van der Waals surface area (Å²) in [5.41, 5.74) is 9.34. The molecule has 1 spiro atoms. The van der Waals surface area contributed by atoms with E-state index in [1.54, 1.807) is 12.2 Å². The van der Waals surface area contributed by atoms with Gasteiger partial charge in [0.2, 0.25) is 0 Å². The van der Waals surface area contributed by atoms with E-state index < -0.39 is 0 Å². The Morgan fingerprint density at radius 2 is 1.18 bits per heavy atom. The Hall–Kier alpha value is -5.54. The Balaban J connectivity index is 1.19. The number of hydrogen-bond donors (Lipinski definition) is 2. The summed E-state index contributed by atoms with van der Waals surface area (Å²) in [6, 6.07) is 41.7. The maximum Gasteiger partial charge on any atom is 0.131 e. The topological polar surface area (TPSA) is 56.9 Å². The molecule has 3 heteroatoms. The van der Waals surface area contributed by atoms with Crippen LogP contribution in [0.25, 0.3) is 11.1 Å². The first-order valence-corrected chi connectivity index (χ1v) is 15.0. The molecule has 2 N–H and O–H groups in total. The fourth-order valence-corrected chi connectivity index (χ4v) is 7.36. The number of ether oxygens (including phenoxy) is 1. The number of rotatable bonds is 5. The first kappa shape index (κ1) is 26.1. The van der Waals surface area contributed by atoms with E-state index in [-0.39, 0.29) is 11.3 Å². The third-order valence-corrected chi connectivity index (χ3v) is 9.35. The van der Waals surface area contributed by atoms with E-state index in [1.165, 1.54) is 22.3 Å². The zero-order chi connectivity index (χ0) is 29.7. The van der Waals surface area contributed by atoms with Crippen LogP contribution in [0.1, 0.15) is 39.3 Å². The van der Waals surface area contributed by atoms with Gasteiger partial charge < -0.3 is 15.6 Å². The molecule has 210 valence electrons. The van der Waals surface area contributed by atoms with E-state index in [2.05, 4.69) is 103 Å². The molecule has 1 aliphatic heterocycles. The van der Waals surface area contributed by atoms with Gasteiger partial charge in [-0.05, 0) is 63.7 Å². The van der Waals surface area contributed by atoms with Gasteiger partial charge in [-0.2, -0.15) is 0 Å². The molecule has 0 fully saturated rings. The van der Waals surface area contributed by atoms with Gasteiger partial charge in [0.25, 0.3) is 0 Å².